The van der Waals surface area contributed by atoms with Crippen LogP contribution in [0.4, 0.5) is 0 Å². The van der Waals surface area contributed by atoms with E-state index in [0.717, 1.165) is 4.90 Å². The SMILES string of the molecule is C=C(C)C(=[OH+])Oc1ccc(Sc2ccccc2)cc1. The quantitative estimate of drug-likeness (QED) is 0.359. The van der Waals surface area contributed by atoms with Gasteiger partial charge in [-0.05, 0) is 31.2 Å². The fraction of sp³-hybridized carbons (Fsp3) is 0.0625. The van der Waals surface area contributed by atoms with Gasteiger partial charge < -0.3 is 4.79 Å². The lowest BCUT2D eigenvalue weighted by Crippen LogP contribution is -2.08. The summed E-state index contributed by atoms with van der Waals surface area (Å²) in [4.78, 5) is 11.8. The fourth-order valence-corrected chi connectivity index (χ4v) is 2.24. The number of ether oxygens (including phenoxy) is 1. The number of benzene rings is 2. The summed E-state index contributed by atoms with van der Waals surface area (Å²) in [6.07, 6.45) is 0. The molecule has 1 N–H and O–H groups in total. The predicted octanol–water partition coefficient (Wildman–Crippen LogP) is 4.30. The summed E-state index contributed by atoms with van der Waals surface area (Å²) in [6, 6.07) is 17.7. The summed E-state index contributed by atoms with van der Waals surface area (Å²) < 4.78 is 5.24. The standard InChI is InChI=1S/C16H14O2S/c1-12(2)16(17)18-13-8-10-15(11-9-13)19-14-6-4-3-5-7-14/h3-11H,1H2,2H3/p+1. The molecule has 96 valence electrons. The van der Waals surface area contributed by atoms with Gasteiger partial charge in [0, 0.05) is 21.9 Å². The third kappa shape index (κ3) is 4.00. The van der Waals surface area contributed by atoms with Crippen LogP contribution in [0.15, 0.2) is 76.5 Å². The van der Waals surface area contributed by atoms with Gasteiger partial charge in [-0.25, -0.2) is 0 Å². The fourth-order valence-electron chi connectivity index (χ4n) is 1.40. The van der Waals surface area contributed by atoms with Gasteiger partial charge in [0.05, 0.1) is 5.57 Å². The lowest BCUT2D eigenvalue weighted by atomic mass is 10.3. The van der Waals surface area contributed by atoms with Gasteiger partial charge >= 0.3 is 5.97 Å². The lowest BCUT2D eigenvalue weighted by molar-refractivity contribution is 0.467. The molecule has 0 heterocycles. The Morgan fingerprint density at radius 1 is 1.00 bits per heavy atom. The van der Waals surface area contributed by atoms with Gasteiger partial charge in [-0.2, -0.15) is 0 Å². The zero-order chi connectivity index (χ0) is 13.7. The second-order valence-electron chi connectivity index (χ2n) is 4.07. The summed E-state index contributed by atoms with van der Waals surface area (Å²) in [5.74, 6) is 0.446. The Morgan fingerprint density at radius 2 is 1.58 bits per heavy atom. The first-order valence-corrected chi connectivity index (χ1v) is 6.69. The number of carbonyl (C=O) groups excluding carboxylic acids is 1. The Morgan fingerprint density at radius 3 is 2.16 bits per heavy atom. The van der Waals surface area contributed by atoms with Crippen LogP contribution in [0.3, 0.4) is 0 Å². The van der Waals surface area contributed by atoms with Gasteiger partial charge in [-0.1, -0.05) is 36.5 Å². The van der Waals surface area contributed by atoms with Crippen molar-refractivity contribution in [2.75, 3.05) is 0 Å². The normalized spacial score (nSPS) is 9.95. The van der Waals surface area contributed by atoms with E-state index in [1.54, 1.807) is 18.7 Å². The monoisotopic (exact) mass is 271 g/mol. The average molecular weight is 271 g/mol. The predicted molar refractivity (Wildman–Crippen MR) is 79.4 cm³/mol. The molecule has 0 atom stereocenters. The molecule has 0 unspecified atom stereocenters. The molecular weight excluding hydrogens is 256 g/mol. The first-order valence-electron chi connectivity index (χ1n) is 5.88. The molecule has 2 rings (SSSR count). The van der Waals surface area contributed by atoms with Crippen molar-refractivity contribution in [1.82, 2.24) is 0 Å². The van der Waals surface area contributed by atoms with Gasteiger partial charge in [-0.3, -0.25) is 4.74 Å². The van der Waals surface area contributed by atoms with Crippen molar-refractivity contribution in [3.63, 3.8) is 0 Å². The maximum Gasteiger partial charge on any atom is 0.518 e. The highest BCUT2D eigenvalue weighted by molar-refractivity contribution is 7.99. The number of rotatable bonds is 4. The van der Waals surface area contributed by atoms with E-state index in [2.05, 4.69) is 18.7 Å². The van der Waals surface area contributed by atoms with E-state index in [-0.39, 0.29) is 5.97 Å². The molecule has 0 amide bonds. The van der Waals surface area contributed by atoms with Crippen LogP contribution in [0, 0.1) is 0 Å². The molecule has 0 fully saturated rings. The summed E-state index contributed by atoms with van der Waals surface area (Å²) in [7, 11) is 0. The van der Waals surface area contributed by atoms with Crippen molar-refractivity contribution in [2.45, 2.75) is 16.7 Å². The Bertz CT molecular complexity index is 573. The molecule has 2 aromatic rings. The smallest absolute Gasteiger partial charge is 0.335 e. The van der Waals surface area contributed by atoms with Gasteiger partial charge in [-0.15, -0.1) is 0 Å². The zero-order valence-electron chi connectivity index (χ0n) is 10.7. The molecule has 0 radical (unpaired) electrons. The van der Waals surface area contributed by atoms with Crippen LogP contribution in [0.1, 0.15) is 6.92 Å². The van der Waals surface area contributed by atoms with Crippen LogP contribution in [-0.4, -0.2) is 10.8 Å². The van der Waals surface area contributed by atoms with Crippen molar-refractivity contribution in [3.8, 4) is 5.75 Å². The van der Waals surface area contributed by atoms with Crippen molar-refractivity contribution in [3.05, 3.63) is 66.7 Å². The summed E-state index contributed by atoms with van der Waals surface area (Å²) >= 11 is 1.68. The highest BCUT2D eigenvalue weighted by Gasteiger charge is 2.15. The topological polar surface area (TPSA) is 30.6 Å². The van der Waals surface area contributed by atoms with Crippen molar-refractivity contribution in [2.24, 2.45) is 0 Å². The molecule has 0 aliphatic rings. The lowest BCUT2D eigenvalue weighted by Gasteiger charge is -2.01. The van der Waals surface area contributed by atoms with Crippen LogP contribution in [0.5, 0.6) is 5.75 Å². The molecule has 19 heavy (non-hydrogen) atoms. The number of esters is 1. The van der Waals surface area contributed by atoms with E-state index in [1.165, 1.54) is 4.90 Å². The first-order chi connectivity index (χ1) is 9.15. The van der Waals surface area contributed by atoms with Crippen LogP contribution < -0.4 is 4.74 Å². The Balaban J connectivity index is 2.03. The minimum Gasteiger partial charge on any atom is -0.335 e. The highest BCUT2D eigenvalue weighted by Crippen LogP contribution is 2.28. The van der Waals surface area contributed by atoms with Crippen molar-refractivity contribution < 1.29 is 9.53 Å². The second kappa shape index (κ2) is 6.25. The Labute approximate surface area is 117 Å². The molecule has 2 nitrogen and oxygen atoms in total. The number of hydrogen-bond acceptors (Lipinski definition) is 2. The van der Waals surface area contributed by atoms with Gasteiger partial charge in [0.15, 0.2) is 0 Å². The van der Waals surface area contributed by atoms with E-state index in [0.29, 0.717) is 11.3 Å². The summed E-state index contributed by atoms with van der Waals surface area (Å²) in [5, 5.41) is 0. The van der Waals surface area contributed by atoms with E-state index >= 15 is 0 Å². The zero-order valence-corrected chi connectivity index (χ0v) is 11.5. The molecule has 0 saturated carbocycles. The van der Waals surface area contributed by atoms with E-state index < -0.39 is 0 Å². The summed E-state index contributed by atoms with van der Waals surface area (Å²) in [5.41, 5.74) is 0.503. The maximum absolute atomic E-state index is 9.47. The Kier molecular flexibility index (Phi) is 4.42. The second-order valence-corrected chi connectivity index (χ2v) is 5.22. The molecule has 0 bridgehead atoms. The molecule has 2 aromatic carbocycles. The molecule has 0 aliphatic heterocycles. The molecule has 0 saturated heterocycles. The molecule has 0 aliphatic carbocycles. The van der Waals surface area contributed by atoms with E-state index in [1.807, 2.05) is 42.5 Å². The molecular formula is C16H15O2S+. The first kappa shape index (κ1) is 13.4. The van der Waals surface area contributed by atoms with Crippen LogP contribution in [0.2, 0.25) is 0 Å². The van der Waals surface area contributed by atoms with Gasteiger partial charge in [0.25, 0.3) is 0 Å². The largest absolute Gasteiger partial charge is 0.518 e. The molecule has 0 spiro atoms. The van der Waals surface area contributed by atoms with Crippen LogP contribution in [-0.2, 0) is 0 Å². The van der Waals surface area contributed by atoms with E-state index in [4.69, 9.17) is 4.74 Å². The Hall–Kier alpha value is -2.00. The minimum atomic E-state index is -0.150. The van der Waals surface area contributed by atoms with Gasteiger partial charge in [0.1, 0.15) is 0 Å². The van der Waals surface area contributed by atoms with Gasteiger partial charge in [0.2, 0.25) is 5.75 Å². The minimum absolute atomic E-state index is 0.150. The van der Waals surface area contributed by atoms with E-state index in [9.17, 15) is 4.79 Å². The molecule has 3 heteroatoms. The maximum atomic E-state index is 9.47. The van der Waals surface area contributed by atoms with Crippen LogP contribution in [0.25, 0.3) is 0 Å². The third-order valence-corrected chi connectivity index (χ3v) is 3.40. The van der Waals surface area contributed by atoms with Crippen molar-refractivity contribution in [1.29, 1.82) is 0 Å². The number of hydrogen-bond donors (Lipinski definition) is 0. The van der Waals surface area contributed by atoms with Crippen LogP contribution >= 0.6 is 11.8 Å². The van der Waals surface area contributed by atoms with Crippen molar-refractivity contribution >= 4 is 17.7 Å². The third-order valence-electron chi connectivity index (χ3n) is 2.38. The highest BCUT2D eigenvalue weighted by atomic mass is 32.2. The summed E-state index contributed by atoms with van der Waals surface area (Å²) in [6.45, 7) is 5.30. The average Bonchev–Trinajstić information content (AvgIpc) is 2.42. The molecule has 0 aromatic heterocycles.